The summed E-state index contributed by atoms with van der Waals surface area (Å²) in [6.07, 6.45) is -1.08. The Morgan fingerprint density at radius 1 is 1.21 bits per heavy atom. The van der Waals surface area contributed by atoms with Crippen molar-refractivity contribution in [1.29, 1.82) is 0 Å². The van der Waals surface area contributed by atoms with Crippen LogP contribution in [-0.4, -0.2) is 11.7 Å². The van der Waals surface area contributed by atoms with Crippen molar-refractivity contribution in [1.82, 2.24) is 0 Å². The number of ether oxygens (including phenoxy) is 1. The number of hydrogen-bond donors (Lipinski definition) is 1. The average Bonchev–Trinajstić information content (AvgIpc) is 2.43. The highest BCUT2D eigenvalue weighted by atomic mass is 79.9. The Bertz CT molecular complexity index is 563. The summed E-state index contributed by atoms with van der Waals surface area (Å²) in [5.74, 6) is -0.0228. The van der Waals surface area contributed by atoms with Gasteiger partial charge in [0.05, 0.1) is 5.02 Å². The number of rotatable bonds is 4. The van der Waals surface area contributed by atoms with Crippen LogP contribution in [-0.2, 0) is 0 Å². The number of benzene rings is 2. The van der Waals surface area contributed by atoms with Crippen LogP contribution in [0.3, 0.4) is 0 Å². The van der Waals surface area contributed by atoms with E-state index in [9.17, 15) is 9.50 Å². The summed E-state index contributed by atoms with van der Waals surface area (Å²) < 4.78 is 19.7. The lowest BCUT2D eigenvalue weighted by molar-refractivity contribution is 0.105. The maximum Gasteiger partial charge on any atom is 0.148 e. The van der Waals surface area contributed by atoms with Crippen molar-refractivity contribution >= 4 is 27.5 Å². The van der Waals surface area contributed by atoms with Crippen molar-refractivity contribution in [3.05, 3.63) is 63.3 Å². The zero-order valence-electron chi connectivity index (χ0n) is 9.82. The van der Waals surface area contributed by atoms with Crippen LogP contribution in [0.5, 0.6) is 5.75 Å². The third-order valence-corrected chi connectivity index (χ3v) is 3.83. The van der Waals surface area contributed by atoms with E-state index < -0.39 is 11.9 Å². The summed E-state index contributed by atoms with van der Waals surface area (Å²) in [6.45, 7) is -0.0428. The van der Waals surface area contributed by atoms with Gasteiger partial charge in [0.15, 0.2) is 0 Å². The summed E-state index contributed by atoms with van der Waals surface area (Å²) in [6, 6.07) is 12.1. The van der Waals surface area contributed by atoms with Gasteiger partial charge in [-0.1, -0.05) is 35.9 Å². The maximum atomic E-state index is 13.9. The summed E-state index contributed by atoms with van der Waals surface area (Å²) in [4.78, 5) is 0. The van der Waals surface area contributed by atoms with Crippen molar-refractivity contribution in [2.45, 2.75) is 6.10 Å². The Morgan fingerprint density at radius 2 is 1.89 bits per heavy atom. The first kappa shape index (κ1) is 14.3. The highest BCUT2D eigenvalue weighted by Gasteiger charge is 2.17. The number of halogens is 3. The molecule has 2 rings (SSSR count). The summed E-state index contributed by atoms with van der Waals surface area (Å²) in [7, 11) is 0. The largest absolute Gasteiger partial charge is 0.491 e. The standard InChI is InChI=1S/C14H11BrClFO2/c15-11-7-6-10(14(17)13(11)16)12(18)8-19-9-4-2-1-3-5-9/h1-7,12,18H,8H2. The molecule has 2 aromatic carbocycles. The van der Waals surface area contributed by atoms with E-state index in [2.05, 4.69) is 15.9 Å². The normalized spacial score (nSPS) is 12.2. The minimum atomic E-state index is -1.08. The van der Waals surface area contributed by atoms with Gasteiger partial charge >= 0.3 is 0 Å². The highest BCUT2D eigenvalue weighted by Crippen LogP contribution is 2.30. The summed E-state index contributed by atoms with van der Waals surface area (Å²) in [5, 5.41) is 9.89. The first-order valence-corrected chi connectivity index (χ1v) is 6.76. The molecule has 0 amide bonds. The molecule has 5 heteroatoms. The van der Waals surface area contributed by atoms with Gasteiger partial charge in [-0.3, -0.25) is 0 Å². The fraction of sp³-hybridized carbons (Fsp3) is 0.143. The third-order valence-electron chi connectivity index (χ3n) is 2.58. The molecule has 0 aliphatic rings. The van der Waals surface area contributed by atoms with E-state index in [0.29, 0.717) is 10.2 Å². The number of aliphatic hydroxyl groups is 1. The minimum Gasteiger partial charge on any atom is -0.491 e. The molecule has 2 aromatic rings. The van der Waals surface area contributed by atoms with E-state index in [1.165, 1.54) is 6.07 Å². The van der Waals surface area contributed by atoms with Gasteiger partial charge in [0.1, 0.15) is 24.3 Å². The van der Waals surface area contributed by atoms with Crippen molar-refractivity contribution in [3.8, 4) is 5.75 Å². The molecular formula is C14H11BrClFO2. The van der Waals surface area contributed by atoms with Crippen LogP contribution >= 0.6 is 27.5 Å². The second-order valence-corrected chi connectivity index (χ2v) is 5.14. The van der Waals surface area contributed by atoms with Gasteiger partial charge in [0.25, 0.3) is 0 Å². The van der Waals surface area contributed by atoms with Crippen LogP contribution in [0.2, 0.25) is 5.02 Å². The molecule has 2 nitrogen and oxygen atoms in total. The monoisotopic (exact) mass is 344 g/mol. The molecule has 19 heavy (non-hydrogen) atoms. The van der Waals surface area contributed by atoms with Gasteiger partial charge < -0.3 is 9.84 Å². The molecule has 0 bridgehead atoms. The van der Waals surface area contributed by atoms with Crippen molar-refractivity contribution in [2.75, 3.05) is 6.61 Å². The molecule has 1 unspecified atom stereocenters. The first-order chi connectivity index (χ1) is 9.09. The molecule has 0 fully saturated rings. The number of hydrogen-bond acceptors (Lipinski definition) is 2. The average molecular weight is 346 g/mol. The van der Waals surface area contributed by atoms with Crippen LogP contribution in [0.1, 0.15) is 11.7 Å². The van der Waals surface area contributed by atoms with Crippen LogP contribution in [0.15, 0.2) is 46.9 Å². The van der Waals surface area contributed by atoms with Gasteiger partial charge in [-0.2, -0.15) is 0 Å². The second kappa shape index (κ2) is 6.37. The topological polar surface area (TPSA) is 29.5 Å². The van der Waals surface area contributed by atoms with E-state index in [1.54, 1.807) is 18.2 Å². The molecule has 100 valence electrons. The third kappa shape index (κ3) is 3.47. The lowest BCUT2D eigenvalue weighted by Crippen LogP contribution is -2.11. The Morgan fingerprint density at radius 3 is 2.58 bits per heavy atom. The number of para-hydroxylation sites is 1. The second-order valence-electron chi connectivity index (χ2n) is 3.90. The van der Waals surface area contributed by atoms with Gasteiger partial charge in [-0.15, -0.1) is 0 Å². The van der Waals surface area contributed by atoms with E-state index in [1.807, 2.05) is 18.2 Å². The molecule has 0 aromatic heterocycles. The predicted octanol–water partition coefficient (Wildman–Crippen LogP) is 4.35. The molecule has 0 radical (unpaired) electrons. The van der Waals surface area contributed by atoms with Gasteiger partial charge in [0.2, 0.25) is 0 Å². The quantitative estimate of drug-likeness (QED) is 0.835. The molecule has 0 saturated heterocycles. The van der Waals surface area contributed by atoms with Crippen molar-refractivity contribution < 1.29 is 14.2 Å². The maximum absolute atomic E-state index is 13.9. The SMILES string of the molecule is OC(COc1ccccc1)c1ccc(Br)c(Cl)c1F. The predicted molar refractivity (Wildman–Crippen MR) is 76.0 cm³/mol. The Balaban J connectivity index is 2.08. The Labute approximate surface area is 123 Å². The van der Waals surface area contributed by atoms with E-state index in [0.717, 1.165) is 0 Å². The van der Waals surface area contributed by atoms with Crippen molar-refractivity contribution in [3.63, 3.8) is 0 Å². The van der Waals surface area contributed by atoms with E-state index in [4.69, 9.17) is 16.3 Å². The summed E-state index contributed by atoms with van der Waals surface area (Å²) in [5.41, 5.74) is 0.115. The summed E-state index contributed by atoms with van der Waals surface area (Å²) >= 11 is 8.89. The fourth-order valence-electron chi connectivity index (χ4n) is 1.58. The van der Waals surface area contributed by atoms with Crippen LogP contribution in [0.25, 0.3) is 0 Å². The van der Waals surface area contributed by atoms with Gasteiger partial charge in [0, 0.05) is 10.0 Å². The van der Waals surface area contributed by atoms with Crippen LogP contribution in [0, 0.1) is 5.82 Å². The highest BCUT2D eigenvalue weighted by molar-refractivity contribution is 9.10. The molecule has 1 N–H and O–H groups in total. The zero-order chi connectivity index (χ0) is 13.8. The molecule has 0 aliphatic heterocycles. The molecule has 0 spiro atoms. The molecule has 0 aliphatic carbocycles. The van der Waals surface area contributed by atoms with E-state index in [-0.39, 0.29) is 17.2 Å². The molecule has 1 atom stereocenters. The Kier molecular flexibility index (Phi) is 4.80. The minimum absolute atomic E-state index is 0.0428. The molecule has 0 saturated carbocycles. The van der Waals surface area contributed by atoms with Crippen LogP contribution in [0.4, 0.5) is 4.39 Å². The zero-order valence-corrected chi connectivity index (χ0v) is 12.2. The lowest BCUT2D eigenvalue weighted by Gasteiger charge is -2.14. The molecule has 0 heterocycles. The van der Waals surface area contributed by atoms with E-state index >= 15 is 0 Å². The molecular weight excluding hydrogens is 335 g/mol. The van der Waals surface area contributed by atoms with Gasteiger partial charge in [-0.25, -0.2) is 4.39 Å². The first-order valence-electron chi connectivity index (χ1n) is 5.59. The number of aliphatic hydroxyl groups excluding tert-OH is 1. The Hall–Kier alpha value is -1.10. The lowest BCUT2D eigenvalue weighted by atomic mass is 10.1. The van der Waals surface area contributed by atoms with Crippen LogP contribution < -0.4 is 4.74 Å². The van der Waals surface area contributed by atoms with Gasteiger partial charge in [-0.05, 0) is 34.1 Å². The van der Waals surface area contributed by atoms with Crippen molar-refractivity contribution in [2.24, 2.45) is 0 Å². The fourth-order valence-corrected chi connectivity index (χ4v) is 2.06. The smallest absolute Gasteiger partial charge is 0.148 e.